The first-order valence-corrected chi connectivity index (χ1v) is 10.5. The van der Waals surface area contributed by atoms with Gasteiger partial charge in [0.15, 0.2) is 0 Å². The van der Waals surface area contributed by atoms with Crippen LogP contribution in [0.4, 0.5) is 0 Å². The monoisotopic (exact) mass is 353 g/mol. The summed E-state index contributed by atoms with van der Waals surface area (Å²) in [6, 6.07) is 13.1. The number of halogens is 1. The molecule has 4 rings (SSSR count). The topological polar surface area (TPSA) is 12.9 Å². The number of hydrogen-bond acceptors (Lipinski definition) is 1. The summed E-state index contributed by atoms with van der Waals surface area (Å²) < 4.78 is 0. The molecule has 2 aliphatic carbocycles. The van der Waals surface area contributed by atoms with Crippen LogP contribution in [-0.2, 0) is 0 Å². The zero-order valence-corrected chi connectivity index (χ0v) is 15.8. The second-order valence-corrected chi connectivity index (χ2v) is 8.22. The maximum Gasteiger partial charge on any atom is 0.129 e. The van der Waals surface area contributed by atoms with Crippen molar-refractivity contribution in [3.05, 3.63) is 52.8 Å². The van der Waals surface area contributed by atoms with E-state index >= 15 is 0 Å². The lowest BCUT2D eigenvalue weighted by Crippen LogP contribution is -2.13. The summed E-state index contributed by atoms with van der Waals surface area (Å²) in [7, 11) is 0. The van der Waals surface area contributed by atoms with Gasteiger partial charge in [0.2, 0.25) is 0 Å². The van der Waals surface area contributed by atoms with Crippen LogP contribution in [0.25, 0.3) is 11.1 Å². The van der Waals surface area contributed by atoms with E-state index in [1.54, 1.807) is 0 Å². The molecule has 1 aromatic carbocycles. The van der Waals surface area contributed by atoms with Gasteiger partial charge in [-0.1, -0.05) is 80.5 Å². The van der Waals surface area contributed by atoms with Gasteiger partial charge in [-0.05, 0) is 48.8 Å². The molecule has 2 heteroatoms. The second-order valence-electron chi connectivity index (χ2n) is 7.83. The minimum absolute atomic E-state index is 0.574. The van der Waals surface area contributed by atoms with Crippen molar-refractivity contribution in [2.75, 3.05) is 0 Å². The summed E-state index contributed by atoms with van der Waals surface area (Å²) in [5.74, 6) is 1.22. The Kier molecular flexibility index (Phi) is 5.41. The minimum Gasteiger partial charge on any atom is -0.240 e. The third-order valence-corrected chi connectivity index (χ3v) is 6.34. The molecule has 0 atom stereocenters. The van der Waals surface area contributed by atoms with E-state index in [9.17, 15) is 0 Å². The fourth-order valence-corrected chi connectivity index (χ4v) is 5.09. The van der Waals surface area contributed by atoms with Gasteiger partial charge in [-0.15, -0.1) is 0 Å². The van der Waals surface area contributed by atoms with E-state index in [4.69, 9.17) is 16.6 Å². The molecule has 0 bridgehead atoms. The molecule has 0 aliphatic heterocycles. The molecule has 0 saturated heterocycles. The highest BCUT2D eigenvalue weighted by atomic mass is 35.5. The van der Waals surface area contributed by atoms with E-state index in [0.717, 1.165) is 0 Å². The molecule has 2 fully saturated rings. The molecule has 2 aromatic rings. The SMILES string of the molecule is Clc1cc(C2CCCCC2)c(-c2ccccc2)c(C2CCCCC2)n1. The van der Waals surface area contributed by atoms with Crippen LogP contribution in [-0.4, -0.2) is 4.98 Å². The Hall–Kier alpha value is -1.34. The molecular weight excluding hydrogens is 326 g/mol. The van der Waals surface area contributed by atoms with Gasteiger partial charge in [0.25, 0.3) is 0 Å². The Morgan fingerprint density at radius 3 is 2.00 bits per heavy atom. The standard InChI is InChI=1S/C23H28ClN/c24-21-16-20(17-10-4-1-5-11-17)22(18-12-6-2-7-13-18)23(25-21)19-14-8-3-9-15-19/h2,6-7,12-13,16-17,19H,1,3-5,8-11,14-15H2. The van der Waals surface area contributed by atoms with Crippen LogP contribution in [0.15, 0.2) is 36.4 Å². The van der Waals surface area contributed by atoms with Crippen LogP contribution in [0, 0.1) is 0 Å². The van der Waals surface area contributed by atoms with E-state index in [1.807, 2.05) is 0 Å². The maximum absolute atomic E-state index is 6.54. The molecule has 0 N–H and O–H groups in total. The molecule has 2 aliphatic rings. The lowest BCUT2D eigenvalue weighted by molar-refractivity contribution is 0.431. The lowest BCUT2D eigenvalue weighted by atomic mass is 9.77. The summed E-state index contributed by atoms with van der Waals surface area (Å²) >= 11 is 6.54. The van der Waals surface area contributed by atoms with Gasteiger partial charge in [0.1, 0.15) is 5.15 Å². The van der Waals surface area contributed by atoms with Crippen LogP contribution in [0.3, 0.4) is 0 Å². The van der Waals surface area contributed by atoms with Crippen LogP contribution < -0.4 is 0 Å². The maximum atomic E-state index is 6.54. The van der Waals surface area contributed by atoms with Crippen molar-refractivity contribution < 1.29 is 0 Å². The fourth-order valence-electron chi connectivity index (χ4n) is 4.88. The van der Waals surface area contributed by atoms with Crippen molar-refractivity contribution >= 4 is 11.6 Å². The third-order valence-electron chi connectivity index (χ3n) is 6.15. The Morgan fingerprint density at radius 2 is 1.36 bits per heavy atom. The first kappa shape index (κ1) is 17.1. The second kappa shape index (κ2) is 7.91. The summed E-state index contributed by atoms with van der Waals surface area (Å²) in [4.78, 5) is 4.89. The quantitative estimate of drug-likeness (QED) is 0.520. The molecule has 1 aromatic heterocycles. The number of hydrogen-bond donors (Lipinski definition) is 0. The molecular formula is C23H28ClN. The van der Waals surface area contributed by atoms with Gasteiger partial charge in [0.05, 0.1) is 5.69 Å². The Labute approximate surface area is 156 Å². The molecule has 132 valence electrons. The molecule has 25 heavy (non-hydrogen) atoms. The Bertz CT molecular complexity index is 658. The largest absolute Gasteiger partial charge is 0.240 e. The zero-order chi connectivity index (χ0) is 17.1. The highest BCUT2D eigenvalue weighted by Crippen LogP contribution is 2.44. The first-order chi connectivity index (χ1) is 12.3. The first-order valence-electron chi connectivity index (χ1n) is 10.1. The van der Waals surface area contributed by atoms with E-state index in [0.29, 0.717) is 17.0 Å². The minimum atomic E-state index is 0.574. The summed E-state index contributed by atoms with van der Waals surface area (Å²) in [5, 5.41) is 0.695. The number of pyridine rings is 1. The van der Waals surface area contributed by atoms with Crippen molar-refractivity contribution in [2.45, 2.75) is 76.0 Å². The van der Waals surface area contributed by atoms with Gasteiger partial charge >= 0.3 is 0 Å². The Balaban J connectivity index is 1.85. The predicted octanol–water partition coefficient (Wildman–Crippen LogP) is 7.50. The summed E-state index contributed by atoms with van der Waals surface area (Å²) in [6.07, 6.45) is 13.2. The summed E-state index contributed by atoms with van der Waals surface area (Å²) in [5.41, 5.74) is 5.47. The normalized spacial score (nSPS) is 19.9. The Morgan fingerprint density at radius 1 is 0.760 bits per heavy atom. The van der Waals surface area contributed by atoms with E-state index in [-0.39, 0.29) is 0 Å². The van der Waals surface area contributed by atoms with E-state index < -0.39 is 0 Å². The van der Waals surface area contributed by atoms with Gasteiger partial charge in [0, 0.05) is 11.5 Å². The van der Waals surface area contributed by atoms with Gasteiger partial charge < -0.3 is 0 Å². The van der Waals surface area contributed by atoms with Gasteiger partial charge in [-0.3, -0.25) is 0 Å². The van der Waals surface area contributed by atoms with Crippen LogP contribution in [0.2, 0.25) is 5.15 Å². The van der Waals surface area contributed by atoms with Crippen molar-refractivity contribution in [1.29, 1.82) is 0 Å². The molecule has 0 unspecified atom stereocenters. The summed E-state index contributed by atoms with van der Waals surface area (Å²) in [6.45, 7) is 0. The predicted molar refractivity (Wildman–Crippen MR) is 106 cm³/mol. The van der Waals surface area contributed by atoms with Crippen LogP contribution >= 0.6 is 11.6 Å². The van der Waals surface area contributed by atoms with Crippen molar-refractivity contribution in [3.63, 3.8) is 0 Å². The highest BCUT2D eigenvalue weighted by molar-refractivity contribution is 6.29. The molecule has 1 nitrogen and oxygen atoms in total. The third kappa shape index (κ3) is 3.77. The molecule has 2 saturated carbocycles. The molecule has 1 heterocycles. The van der Waals surface area contributed by atoms with Crippen molar-refractivity contribution in [1.82, 2.24) is 4.98 Å². The number of aromatic nitrogens is 1. The molecule has 0 radical (unpaired) electrons. The van der Waals surface area contributed by atoms with Gasteiger partial charge in [-0.25, -0.2) is 4.98 Å². The number of nitrogens with zero attached hydrogens (tertiary/aromatic N) is 1. The van der Waals surface area contributed by atoms with E-state index in [2.05, 4.69) is 36.4 Å². The number of benzene rings is 1. The lowest BCUT2D eigenvalue weighted by Gasteiger charge is -2.29. The fraction of sp³-hybridized carbons (Fsp3) is 0.522. The molecule has 0 amide bonds. The smallest absolute Gasteiger partial charge is 0.129 e. The van der Waals surface area contributed by atoms with Crippen molar-refractivity contribution in [2.24, 2.45) is 0 Å². The van der Waals surface area contributed by atoms with Crippen LogP contribution in [0.1, 0.15) is 87.3 Å². The van der Waals surface area contributed by atoms with Crippen LogP contribution in [0.5, 0.6) is 0 Å². The zero-order valence-electron chi connectivity index (χ0n) is 15.0. The van der Waals surface area contributed by atoms with Gasteiger partial charge in [-0.2, -0.15) is 0 Å². The average molecular weight is 354 g/mol. The van der Waals surface area contributed by atoms with E-state index in [1.165, 1.54) is 86.6 Å². The number of rotatable bonds is 3. The average Bonchev–Trinajstić information content (AvgIpc) is 2.69. The molecule has 0 spiro atoms. The van der Waals surface area contributed by atoms with Crippen molar-refractivity contribution in [3.8, 4) is 11.1 Å². The highest BCUT2D eigenvalue weighted by Gasteiger charge is 2.27.